The monoisotopic (exact) mass is 479 g/mol. The second kappa shape index (κ2) is 7.90. The number of rotatable bonds is 3. The van der Waals surface area contributed by atoms with Crippen LogP contribution in [-0.2, 0) is 4.79 Å². The Morgan fingerprint density at radius 1 is 1.19 bits per heavy atom. The highest BCUT2D eigenvalue weighted by Crippen LogP contribution is 2.37. The van der Waals surface area contributed by atoms with Crippen LogP contribution in [0, 0.1) is 0 Å². The third kappa shape index (κ3) is 3.43. The molecule has 4 N–H and O–H groups in total. The van der Waals surface area contributed by atoms with Gasteiger partial charge in [-0.2, -0.15) is 9.61 Å². The number of anilines is 1. The number of benzene rings is 1. The predicted molar refractivity (Wildman–Crippen MR) is 123 cm³/mol. The zero-order valence-electron chi connectivity index (χ0n) is 16.8. The minimum atomic E-state index is -0.0117. The molecule has 1 aliphatic rings. The maximum atomic E-state index is 11.9. The minimum absolute atomic E-state index is 0.0117. The van der Waals surface area contributed by atoms with Crippen LogP contribution in [0.25, 0.3) is 27.7 Å². The second-order valence-corrected chi connectivity index (χ2v) is 8.56. The quantitative estimate of drug-likeness (QED) is 0.466. The van der Waals surface area contributed by atoms with Crippen molar-refractivity contribution in [3.8, 4) is 11.1 Å². The Balaban J connectivity index is 1.55. The van der Waals surface area contributed by atoms with Crippen molar-refractivity contribution in [3.05, 3.63) is 52.9 Å². The number of aromatic nitrogens is 4. The summed E-state index contributed by atoms with van der Waals surface area (Å²) in [6, 6.07) is 10.1. The summed E-state index contributed by atoms with van der Waals surface area (Å²) in [6.45, 7) is 1.38. The van der Waals surface area contributed by atoms with Gasteiger partial charge in [-0.15, -0.1) is 0 Å². The largest absolute Gasteiger partial charge is 0.383 e. The van der Waals surface area contributed by atoms with Gasteiger partial charge < -0.3 is 16.4 Å². The Kier molecular flexibility index (Phi) is 5.07. The molecule has 5 rings (SSSR count). The van der Waals surface area contributed by atoms with E-state index in [0.717, 1.165) is 45.0 Å². The van der Waals surface area contributed by atoms with Gasteiger partial charge in [0.1, 0.15) is 5.82 Å². The Morgan fingerprint density at radius 3 is 2.74 bits per heavy atom. The van der Waals surface area contributed by atoms with Crippen LogP contribution in [0.3, 0.4) is 0 Å². The molecule has 31 heavy (non-hydrogen) atoms. The molecule has 0 bridgehead atoms. The highest BCUT2D eigenvalue weighted by molar-refractivity contribution is 9.10. The summed E-state index contributed by atoms with van der Waals surface area (Å²) in [5.41, 5.74) is 16.3. The van der Waals surface area contributed by atoms with Crippen molar-refractivity contribution in [2.45, 2.75) is 18.8 Å². The summed E-state index contributed by atoms with van der Waals surface area (Å²) in [4.78, 5) is 23.3. The van der Waals surface area contributed by atoms with Crippen molar-refractivity contribution < 1.29 is 4.79 Å². The average molecular weight is 480 g/mol. The van der Waals surface area contributed by atoms with Crippen molar-refractivity contribution in [2.24, 2.45) is 5.73 Å². The SMILES string of the molecule is NCC(=O)N1CCC(c2nc3c(-c4cnc5ccccc5c4)cnn3c(N)c2Br)CC1. The minimum Gasteiger partial charge on any atom is -0.383 e. The Hall–Kier alpha value is -3.04. The molecule has 3 aromatic heterocycles. The summed E-state index contributed by atoms with van der Waals surface area (Å²) in [5.74, 6) is 0.698. The van der Waals surface area contributed by atoms with Crippen molar-refractivity contribution in [1.82, 2.24) is 24.5 Å². The fourth-order valence-electron chi connectivity index (χ4n) is 4.24. The van der Waals surface area contributed by atoms with E-state index >= 15 is 0 Å². The zero-order chi connectivity index (χ0) is 21.5. The normalized spacial score (nSPS) is 15.1. The number of halogens is 1. The molecule has 8 nitrogen and oxygen atoms in total. The first-order valence-electron chi connectivity index (χ1n) is 10.2. The predicted octanol–water partition coefficient (Wildman–Crippen LogP) is 2.95. The van der Waals surface area contributed by atoms with E-state index in [2.05, 4.69) is 32.1 Å². The van der Waals surface area contributed by atoms with Gasteiger partial charge in [0, 0.05) is 41.7 Å². The van der Waals surface area contributed by atoms with Gasteiger partial charge in [-0.25, -0.2) is 4.98 Å². The van der Waals surface area contributed by atoms with Gasteiger partial charge in [-0.3, -0.25) is 9.78 Å². The Morgan fingerprint density at radius 2 is 1.97 bits per heavy atom. The lowest BCUT2D eigenvalue weighted by Gasteiger charge is -2.32. The molecule has 1 fully saturated rings. The van der Waals surface area contributed by atoms with Gasteiger partial charge in [0.05, 0.1) is 28.4 Å². The number of para-hydroxylation sites is 1. The van der Waals surface area contributed by atoms with Crippen LogP contribution in [0.4, 0.5) is 5.82 Å². The lowest BCUT2D eigenvalue weighted by atomic mass is 9.93. The van der Waals surface area contributed by atoms with Crippen LogP contribution in [0.15, 0.2) is 47.2 Å². The highest BCUT2D eigenvalue weighted by atomic mass is 79.9. The zero-order valence-corrected chi connectivity index (χ0v) is 18.4. The van der Waals surface area contributed by atoms with Gasteiger partial charge in [0.15, 0.2) is 5.65 Å². The van der Waals surface area contributed by atoms with E-state index in [9.17, 15) is 4.79 Å². The van der Waals surface area contributed by atoms with Crippen molar-refractivity contribution in [1.29, 1.82) is 0 Å². The van der Waals surface area contributed by atoms with Crippen molar-refractivity contribution in [3.63, 3.8) is 0 Å². The highest BCUT2D eigenvalue weighted by Gasteiger charge is 2.27. The molecule has 158 valence electrons. The third-order valence-corrected chi connectivity index (χ3v) is 6.77. The van der Waals surface area contributed by atoms with Crippen LogP contribution in [0.5, 0.6) is 0 Å². The number of hydrogen-bond acceptors (Lipinski definition) is 6. The summed E-state index contributed by atoms with van der Waals surface area (Å²) >= 11 is 3.63. The van der Waals surface area contributed by atoms with Crippen LogP contribution in [0.1, 0.15) is 24.5 Å². The Bertz CT molecular complexity index is 1290. The summed E-state index contributed by atoms with van der Waals surface area (Å²) in [7, 11) is 0. The maximum absolute atomic E-state index is 11.9. The first kappa shape index (κ1) is 19.9. The number of amides is 1. The molecular weight excluding hydrogens is 458 g/mol. The van der Waals surface area contributed by atoms with E-state index in [4.69, 9.17) is 16.5 Å². The molecule has 1 aliphatic heterocycles. The van der Waals surface area contributed by atoms with E-state index < -0.39 is 0 Å². The molecule has 4 heterocycles. The van der Waals surface area contributed by atoms with E-state index in [1.54, 1.807) is 10.7 Å². The van der Waals surface area contributed by atoms with E-state index in [1.165, 1.54) is 0 Å². The molecule has 0 saturated carbocycles. The number of pyridine rings is 1. The number of carbonyl (C=O) groups is 1. The number of nitrogen functional groups attached to an aromatic ring is 1. The van der Waals surface area contributed by atoms with Crippen LogP contribution in [-0.4, -0.2) is 50.0 Å². The maximum Gasteiger partial charge on any atom is 0.236 e. The van der Waals surface area contributed by atoms with E-state index in [-0.39, 0.29) is 18.4 Å². The molecule has 0 aliphatic carbocycles. The molecule has 1 amide bonds. The van der Waals surface area contributed by atoms with Crippen molar-refractivity contribution >= 4 is 44.2 Å². The van der Waals surface area contributed by atoms with Crippen LogP contribution < -0.4 is 11.5 Å². The molecule has 1 aromatic carbocycles. The van der Waals surface area contributed by atoms with E-state index in [1.807, 2.05) is 35.4 Å². The second-order valence-electron chi connectivity index (χ2n) is 7.77. The summed E-state index contributed by atoms with van der Waals surface area (Å²) < 4.78 is 2.42. The fraction of sp³-hybridized carbons (Fsp3) is 0.273. The third-order valence-electron chi connectivity index (χ3n) is 5.96. The summed E-state index contributed by atoms with van der Waals surface area (Å²) in [6.07, 6.45) is 5.25. The number of likely N-dealkylation sites (tertiary alicyclic amines) is 1. The topological polar surface area (TPSA) is 115 Å². The standard InChI is InChI=1S/C22H22BrN7O/c23-19-20(13-5-7-29(8-6-13)18(31)10-24)28-22-16(12-27-30(22)21(19)25)15-9-14-3-1-2-4-17(14)26-11-15/h1-4,9,11-13H,5-8,10,24-25H2. The first-order chi connectivity index (χ1) is 15.1. The number of nitrogens with two attached hydrogens (primary N) is 2. The number of carbonyl (C=O) groups excluding carboxylic acids is 1. The lowest BCUT2D eigenvalue weighted by molar-refractivity contribution is -0.130. The molecule has 1 saturated heterocycles. The molecular formula is C22H22BrN7O. The van der Waals surface area contributed by atoms with Crippen LogP contribution in [0.2, 0.25) is 0 Å². The number of piperidine rings is 1. The smallest absolute Gasteiger partial charge is 0.236 e. The van der Waals surface area contributed by atoms with Gasteiger partial charge in [0.2, 0.25) is 5.91 Å². The lowest BCUT2D eigenvalue weighted by Crippen LogP contribution is -2.41. The van der Waals surface area contributed by atoms with Gasteiger partial charge in [-0.05, 0) is 40.9 Å². The molecule has 0 radical (unpaired) electrons. The summed E-state index contributed by atoms with van der Waals surface area (Å²) in [5, 5.41) is 5.53. The Labute approximate surface area is 187 Å². The van der Waals surface area contributed by atoms with Crippen LogP contribution >= 0.6 is 15.9 Å². The first-order valence-corrected chi connectivity index (χ1v) is 11.0. The fourth-order valence-corrected chi connectivity index (χ4v) is 4.82. The van der Waals surface area contributed by atoms with Crippen molar-refractivity contribution in [2.75, 3.05) is 25.4 Å². The van der Waals surface area contributed by atoms with Gasteiger partial charge >= 0.3 is 0 Å². The molecule has 0 unspecified atom stereocenters. The number of hydrogen-bond donors (Lipinski definition) is 2. The molecule has 0 spiro atoms. The molecule has 9 heteroatoms. The van der Waals surface area contributed by atoms with Gasteiger partial charge in [-0.1, -0.05) is 18.2 Å². The molecule has 4 aromatic rings. The van der Waals surface area contributed by atoms with E-state index in [0.29, 0.717) is 24.6 Å². The number of nitrogens with zero attached hydrogens (tertiary/aromatic N) is 5. The number of fused-ring (bicyclic) bond motifs is 2. The molecule has 0 atom stereocenters. The average Bonchev–Trinajstić information content (AvgIpc) is 3.25. The van der Waals surface area contributed by atoms with Gasteiger partial charge in [0.25, 0.3) is 0 Å².